The van der Waals surface area contributed by atoms with Gasteiger partial charge < -0.3 is 5.32 Å². The number of nitrogens with one attached hydrogen (secondary N) is 2. The molecule has 3 aromatic rings. The molecule has 0 saturated heterocycles. The molecule has 0 radical (unpaired) electrons. The highest BCUT2D eigenvalue weighted by atomic mass is 35.5. The van der Waals surface area contributed by atoms with Crippen molar-refractivity contribution in [3.63, 3.8) is 0 Å². The summed E-state index contributed by atoms with van der Waals surface area (Å²) in [6.07, 6.45) is 1.69. The van der Waals surface area contributed by atoms with Crippen LogP contribution in [-0.4, -0.2) is 21.1 Å². The Kier molecular flexibility index (Phi) is 4.16. The molecular formula is C16H13ClN4O. The number of hydrogen-bond donors (Lipinski definition) is 2. The Hall–Kier alpha value is -2.66. The Morgan fingerprint density at radius 1 is 1.18 bits per heavy atom. The first-order valence-corrected chi connectivity index (χ1v) is 7.10. The summed E-state index contributed by atoms with van der Waals surface area (Å²) >= 11 is 6.13. The van der Waals surface area contributed by atoms with E-state index in [9.17, 15) is 4.79 Å². The first kappa shape index (κ1) is 14.3. The van der Waals surface area contributed by atoms with Crippen LogP contribution in [0.5, 0.6) is 0 Å². The molecule has 2 N–H and O–H groups in total. The molecule has 3 rings (SSSR count). The zero-order valence-corrected chi connectivity index (χ0v) is 12.3. The minimum Gasteiger partial charge on any atom is -0.345 e. The van der Waals surface area contributed by atoms with Gasteiger partial charge >= 0.3 is 0 Å². The van der Waals surface area contributed by atoms with E-state index in [1.165, 1.54) is 0 Å². The second-order valence-electron chi connectivity index (χ2n) is 4.65. The molecule has 0 aliphatic carbocycles. The number of benzene rings is 1. The van der Waals surface area contributed by atoms with Crippen molar-refractivity contribution in [2.75, 3.05) is 0 Å². The van der Waals surface area contributed by atoms with E-state index >= 15 is 0 Å². The summed E-state index contributed by atoms with van der Waals surface area (Å²) in [5.41, 5.74) is 2.59. The zero-order chi connectivity index (χ0) is 15.4. The number of aromatic amines is 1. The van der Waals surface area contributed by atoms with Crippen LogP contribution in [0.15, 0.2) is 54.7 Å². The van der Waals surface area contributed by atoms with Crippen LogP contribution >= 0.6 is 11.6 Å². The predicted molar refractivity (Wildman–Crippen MR) is 84.4 cm³/mol. The molecular weight excluding hydrogens is 300 g/mol. The molecule has 0 fully saturated rings. The van der Waals surface area contributed by atoms with Crippen molar-refractivity contribution in [3.8, 4) is 11.3 Å². The fourth-order valence-electron chi connectivity index (χ4n) is 2.01. The average Bonchev–Trinajstić information content (AvgIpc) is 3.04. The van der Waals surface area contributed by atoms with Gasteiger partial charge in [0.15, 0.2) is 0 Å². The first-order valence-electron chi connectivity index (χ1n) is 6.72. The van der Waals surface area contributed by atoms with Crippen molar-refractivity contribution in [3.05, 3.63) is 71.1 Å². The summed E-state index contributed by atoms with van der Waals surface area (Å²) < 4.78 is 0. The zero-order valence-electron chi connectivity index (χ0n) is 11.6. The molecule has 0 bridgehead atoms. The molecule has 5 nitrogen and oxygen atoms in total. The van der Waals surface area contributed by atoms with E-state index in [1.54, 1.807) is 18.3 Å². The quantitative estimate of drug-likeness (QED) is 0.778. The maximum atomic E-state index is 12.1. The summed E-state index contributed by atoms with van der Waals surface area (Å²) in [5.74, 6) is -0.239. The lowest BCUT2D eigenvalue weighted by atomic mass is 10.1. The lowest BCUT2D eigenvalue weighted by Gasteiger charge is -2.02. The Balaban J connectivity index is 1.71. The third-order valence-electron chi connectivity index (χ3n) is 3.13. The van der Waals surface area contributed by atoms with Gasteiger partial charge in [0.2, 0.25) is 0 Å². The van der Waals surface area contributed by atoms with E-state index in [4.69, 9.17) is 11.6 Å². The normalized spacial score (nSPS) is 10.4. The largest absolute Gasteiger partial charge is 0.345 e. The number of carbonyl (C=O) groups excluding carboxylic acids is 1. The molecule has 110 valence electrons. The van der Waals surface area contributed by atoms with Gasteiger partial charge in [-0.1, -0.05) is 35.9 Å². The Morgan fingerprint density at radius 2 is 2.00 bits per heavy atom. The second kappa shape index (κ2) is 6.41. The van der Waals surface area contributed by atoms with E-state index in [2.05, 4.69) is 20.5 Å². The van der Waals surface area contributed by atoms with Crippen molar-refractivity contribution < 1.29 is 4.79 Å². The van der Waals surface area contributed by atoms with Gasteiger partial charge in [0.25, 0.3) is 5.91 Å². The van der Waals surface area contributed by atoms with Crippen LogP contribution in [0.2, 0.25) is 5.02 Å². The highest BCUT2D eigenvalue weighted by Crippen LogP contribution is 2.26. The number of aromatic nitrogens is 3. The van der Waals surface area contributed by atoms with Crippen LogP contribution in [0.25, 0.3) is 11.3 Å². The maximum Gasteiger partial charge on any atom is 0.269 e. The topological polar surface area (TPSA) is 70.7 Å². The highest BCUT2D eigenvalue weighted by molar-refractivity contribution is 6.33. The minimum absolute atomic E-state index is 0.239. The summed E-state index contributed by atoms with van der Waals surface area (Å²) in [7, 11) is 0. The number of nitrogens with zero attached hydrogens (tertiary/aromatic N) is 2. The number of carbonyl (C=O) groups is 1. The monoisotopic (exact) mass is 312 g/mol. The van der Waals surface area contributed by atoms with Crippen molar-refractivity contribution in [1.29, 1.82) is 0 Å². The van der Waals surface area contributed by atoms with Crippen molar-refractivity contribution in [1.82, 2.24) is 20.5 Å². The fourth-order valence-corrected chi connectivity index (χ4v) is 2.25. The maximum absolute atomic E-state index is 12.1. The summed E-state index contributed by atoms with van der Waals surface area (Å²) in [4.78, 5) is 16.3. The average molecular weight is 313 g/mol. The predicted octanol–water partition coefficient (Wildman–Crippen LogP) is 3.06. The number of rotatable bonds is 4. The SMILES string of the molecule is O=C(NCc1ccccn1)c1cc(-c2ccccc2Cl)n[nH]1. The lowest BCUT2D eigenvalue weighted by molar-refractivity contribution is 0.0945. The van der Waals surface area contributed by atoms with Crippen molar-refractivity contribution >= 4 is 17.5 Å². The van der Waals surface area contributed by atoms with Crippen LogP contribution < -0.4 is 5.32 Å². The standard InChI is InChI=1S/C16H13ClN4O/c17-13-7-2-1-6-12(13)14-9-15(21-20-14)16(22)19-10-11-5-3-4-8-18-11/h1-9H,10H2,(H,19,22)(H,20,21). The smallest absolute Gasteiger partial charge is 0.269 e. The van der Waals surface area contributed by atoms with E-state index in [0.29, 0.717) is 23.0 Å². The highest BCUT2D eigenvalue weighted by Gasteiger charge is 2.12. The van der Waals surface area contributed by atoms with E-state index < -0.39 is 0 Å². The number of halogens is 1. The lowest BCUT2D eigenvalue weighted by Crippen LogP contribution is -2.23. The second-order valence-corrected chi connectivity index (χ2v) is 5.06. The molecule has 1 aromatic carbocycles. The van der Waals surface area contributed by atoms with Gasteiger partial charge in [-0.15, -0.1) is 0 Å². The van der Waals surface area contributed by atoms with E-state index in [0.717, 1.165) is 11.3 Å². The molecule has 0 unspecified atom stereocenters. The molecule has 0 aliphatic rings. The van der Waals surface area contributed by atoms with Gasteiger partial charge in [0.05, 0.1) is 23.0 Å². The molecule has 2 heterocycles. The van der Waals surface area contributed by atoms with Gasteiger partial charge in [0, 0.05) is 11.8 Å². The summed E-state index contributed by atoms with van der Waals surface area (Å²) in [6, 6.07) is 14.6. The molecule has 0 spiro atoms. The fraction of sp³-hybridized carbons (Fsp3) is 0.0625. The van der Waals surface area contributed by atoms with Crippen molar-refractivity contribution in [2.45, 2.75) is 6.54 Å². The number of pyridine rings is 1. The van der Waals surface area contributed by atoms with Gasteiger partial charge in [-0.2, -0.15) is 5.10 Å². The third kappa shape index (κ3) is 3.15. The number of hydrogen-bond acceptors (Lipinski definition) is 3. The molecule has 0 saturated carbocycles. The van der Waals surface area contributed by atoms with E-state index in [-0.39, 0.29) is 5.91 Å². The molecule has 2 aromatic heterocycles. The molecule has 0 aliphatic heterocycles. The number of amides is 1. The first-order chi connectivity index (χ1) is 10.7. The summed E-state index contributed by atoms with van der Waals surface area (Å²) in [5, 5.41) is 10.2. The molecule has 1 amide bonds. The van der Waals surface area contributed by atoms with Crippen LogP contribution in [0.3, 0.4) is 0 Å². The third-order valence-corrected chi connectivity index (χ3v) is 3.46. The van der Waals surface area contributed by atoms with Gasteiger partial charge in [0.1, 0.15) is 5.69 Å². The van der Waals surface area contributed by atoms with Crippen LogP contribution in [0.4, 0.5) is 0 Å². The minimum atomic E-state index is -0.239. The van der Waals surface area contributed by atoms with Gasteiger partial charge in [-0.25, -0.2) is 0 Å². The Labute approximate surface area is 132 Å². The Bertz CT molecular complexity index is 786. The summed E-state index contributed by atoms with van der Waals surface area (Å²) in [6.45, 7) is 0.361. The Morgan fingerprint density at radius 3 is 2.77 bits per heavy atom. The number of H-pyrrole nitrogens is 1. The van der Waals surface area contributed by atoms with Gasteiger partial charge in [-0.05, 0) is 24.3 Å². The van der Waals surface area contributed by atoms with Gasteiger partial charge in [-0.3, -0.25) is 14.9 Å². The van der Waals surface area contributed by atoms with Crippen LogP contribution in [0.1, 0.15) is 16.2 Å². The molecule has 6 heteroatoms. The van der Waals surface area contributed by atoms with Crippen molar-refractivity contribution in [2.24, 2.45) is 0 Å². The molecule has 22 heavy (non-hydrogen) atoms. The van der Waals surface area contributed by atoms with E-state index in [1.807, 2.05) is 36.4 Å². The van der Waals surface area contributed by atoms with Crippen LogP contribution in [0, 0.1) is 0 Å². The van der Waals surface area contributed by atoms with Crippen LogP contribution in [-0.2, 0) is 6.54 Å². The molecule has 0 atom stereocenters.